The smallest absolute Gasteiger partial charge is 0.323 e. The van der Waals surface area contributed by atoms with Gasteiger partial charge in [-0.1, -0.05) is 0 Å². The fourth-order valence-corrected chi connectivity index (χ4v) is 1.62. The summed E-state index contributed by atoms with van der Waals surface area (Å²) >= 11 is 4.87. The number of carbonyl (C=O) groups is 1. The van der Waals surface area contributed by atoms with Gasteiger partial charge in [0.25, 0.3) is 0 Å². The van der Waals surface area contributed by atoms with E-state index in [2.05, 4.69) is 10.3 Å². The van der Waals surface area contributed by atoms with Gasteiger partial charge in [0.1, 0.15) is 6.04 Å². The number of ether oxygens (including phenoxy) is 1. The fraction of sp³-hybridized carbons (Fsp3) is 0.667. The maximum atomic E-state index is 11.5. The molecule has 0 bridgehead atoms. The van der Waals surface area contributed by atoms with Gasteiger partial charge in [-0.15, -0.1) is 0 Å². The summed E-state index contributed by atoms with van der Waals surface area (Å²) < 4.78 is 4.73. The SMILES string of the molecule is COC(=O)C(CC1C=NC(=S)N1)N(C)C. The van der Waals surface area contributed by atoms with Crippen LogP contribution in [-0.4, -0.2) is 55.5 Å². The Kier molecular flexibility index (Phi) is 4.16. The minimum absolute atomic E-state index is 0.0176. The molecular weight excluding hydrogens is 214 g/mol. The third kappa shape index (κ3) is 3.24. The second kappa shape index (κ2) is 5.18. The van der Waals surface area contributed by atoms with E-state index in [1.54, 1.807) is 6.21 Å². The number of methoxy groups -OCH3 is 1. The standard InChI is InChI=1S/C9H15N3O2S/c1-12(2)7(8(13)14-3)4-6-5-10-9(15)11-6/h5-7H,4H2,1-3H3,(H,11,15). The molecule has 0 aromatic carbocycles. The van der Waals surface area contributed by atoms with Gasteiger partial charge in [0.15, 0.2) is 5.11 Å². The van der Waals surface area contributed by atoms with Crippen LogP contribution < -0.4 is 5.32 Å². The van der Waals surface area contributed by atoms with Gasteiger partial charge >= 0.3 is 5.97 Å². The molecule has 0 fully saturated rings. The van der Waals surface area contributed by atoms with Crippen molar-refractivity contribution in [2.24, 2.45) is 4.99 Å². The van der Waals surface area contributed by atoms with E-state index >= 15 is 0 Å². The molecule has 2 unspecified atom stereocenters. The molecule has 0 aliphatic carbocycles. The van der Waals surface area contributed by atoms with Gasteiger partial charge in [0.2, 0.25) is 0 Å². The van der Waals surface area contributed by atoms with Crippen LogP contribution in [0, 0.1) is 0 Å². The zero-order valence-electron chi connectivity index (χ0n) is 9.06. The predicted molar refractivity (Wildman–Crippen MR) is 62.1 cm³/mol. The lowest BCUT2D eigenvalue weighted by molar-refractivity contribution is -0.146. The van der Waals surface area contributed by atoms with Crippen LogP contribution in [0.4, 0.5) is 0 Å². The average Bonchev–Trinajstić information content (AvgIpc) is 2.59. The lowest BCUT2D eigenvalue weighted by atomic mass is 10.1. The van der Waals surface area contributed by atoms with E-state index in [0.717, 1.165) is 0 Å². The number of hydrogen-bond donors (Lipinski definition) is 1. The van der Waals surface area contributed by atoms with E-state index in [1.165, 1.54) is 7.11 Å². The number of aliphatic imine (C=N–C) groups is 1. The van der Waals surface area contributed by atoms with Crippen molar-refractivity contribution < 1.29 is 9.53 Å². The van der Waals surface area contributed by atoms with Gasteiger partial charge in [0, 0.05) is 6.21 Å². The van der Waals surface area contributed by atoms with E-state index in [0.29, 0.717) is 11.5 Å². The molecule has 0 aromatic rings. The number of rotatable bonds is 4. The third-order valence-electron chi connectivity index (χ3n) is 2.25. The van der Waals surface area contributed by atoms with Crippen molar-refractivity contribution >= 4 is 29.5 Å². The van der Waals surface area contributed by atoms with Gasteiger partial charge in [-0.05, 0) is 32.7 Å². The van der Waals surface area contributed by atoms with E-state index in [4.69, 9.17) is 17.0 Å². The number of nitrogens with zero attached hydrogens (tertiary/aromatic N) is 2. The van der Waals surface area contributed by atoms with Crippen LogP contribution in [0.5, 0.6) is 0 Å². The average molecular weight is 229 g/mol. The van der Waals surface area contributed by atoms with E-state index in [9.17, 15) is 4.79 Å². The zero-order valence-corrected chi connectivity index (χ0v) is 9.87. The van der Waals surface area contributed by atoms with Crippen molar-refractivity contribution in [3.63, 3.8) is 0 Å². The van der Waals surface area contributed by atoms with Gasteiger partial charge in [0.05, 0.1) is 13.2 Å². The molecule has 0 aromatic heterocycles. The molecule has 15 heavy (non-hydrogen) atoms. The Morgan fingerprint density at radius 2 is 2.47 bits per heavy atom. The Bertz CT molecular complexity index is 291. The van der Waals surface area contributed by atoms with E-state index < -0.39 is 0 Å². The minimum atomic E-state index is -0.278. The first-order valence-corrected chi connectivity index (χ1v) is 5.04. The molecule has 0 saturated carbocycles. The molecule has 0 spiro atoms. The van der Waals surface area contributed by atoms with Crippen molar-refractivity contribution in [3.8, 4) is 0 Å². The Labute approximate surface area is 94.5 Å². The van der Waals surface area contributed by atoms with Crippen LogP contribution in [0.2, 0.25) is 0 Å². The topological polar surface area (TPSA) is 53.9 Å². The number of carbonyl (C=O) groups excluding carboxylic acids is 1. The quantitative estimate of drug-likeness (QED) is 0.535. The molecule has 84 valence electrons. The Morgan fingerprint density at radius 3 is 2.87 bits per heavy atom. The van der Waals surface area contributed by atoms with Crippen molar-refractivity contribution in [2.45, 2.75) is 18.5 Å². The first kappa shape index (κ1) is 12.1. The first-order chi connectivity index (χ1) is 7.04. The highest BCUT2D eigenvalue weighted by Crippen LogP contribution is 2.07. The molecule has 1 aliphatic heterocycles. The van der Waals surface area contributed by atoms with Crippen LogP contribution in [-0.2, 0) is 9.53 Å². The largest absolute Gasteiger partial charge is 0.468 e. The van der Waals surface area contributed by atoms with Crippen LogP contribution in [0.15, 0.2) is 4.99 Å². The second-order valence-electron chi connectivity index (χ2n) is 3.57. The summed E-state index contributed by atoms with van der Waals surface area (Å²) in [6.45, 7) is 0. The molecule has 1 N–H and O–H groups in total. The summed E-state index contributed by atoms with van der Waals surface area (Å²) in [6.07, 6.45) is 2.32. The first-order valence-electron chi connectivity index (χ1n) is 4.63. The highest BCUT2D eigenvalue weighted by Gasteiger charge is 2.26. The number of thiocarbonyl (C=S) groups is 1. The van der Waals surface area contributed by atoms with Crippen LogP contribution >= 0.6 is 12.2 Å². The Morgan fingerprint density at radius 1 is 1.80 bits per heavy atom. The zero-order chi connectivity index (χ0) is 11.4. The second-order valence-corrected chi connectivity index (χ2v) is 3.96. The highest BCUT2D eigenvalue weighted by molar-refractivity contribution is 7.80. The molecule has 0 amide bonds. The van der Waals surface area contributed by atoms with Crippen molar-refractivity contribution in [3.05, 3.63) is 0 Å². The van der Waals surface area contributed by atoms with E-state index in [1.807, 2.05) is 19.0 Å². The normalized spacial score (nSPS) is 21.6. The van der Waals surface area contributed by atoms with Crippen LogP contribution in [0.1, 0.15) is 6.42 Å². The predicted octanol–water partition coefficient (Wildman–Crippen LogP) is -0.193. The van der Waals surface area contributed by atoms with Crippen molar-refractivity contribution in [1.29, 1.82) is 0 Å². The molecule has 6 heteroatoms. The summed E-state index contributed by atoms with van der Waals surface area (Å²) in [5, 5.41) is 3.47. The molecule has 1 rings (SSSR count). The maximum Gasteiger partial charge on any atom is 0.323 e. The summed E-state index contributed by atoms with van der Waals surface area (Å²) in [7, 11) is 5.07. The number of hydrogen-bond acceptors (Lipinski definition) is 4. The monoisotopic (exact) mass is 229 g/mol. The Balaban J connectivity index is 2.56. The summed E-state index contributed by atoms with van der Waals surface area (Å²) in [5.74, 6) is -0.243. The minimum Gasteiger partial charge on any atom is -0.468 e. The number of nitrogens with one attached hydrogen (secondary N) is 1. The Hall–Kier alpha value is -1.01. The highest BCUT2D eigenvalue weighted by atomic mass is 32.1. The van der Waals surface area contributed by atoms with Crippen LogP contribution in [0.25, 0.3) is 0 Å². The lowest BCUT2D eigenvalue weighted by Gasteiger charge is -2.23. The van der Waals surface area contributed by atoms with Gasteiger partial charge in [-0.3, -0.25) is 9.69 Å². The molecule has 0 saturated heterocycles. The molecular formula is C9H15N3O2S. The molecule has 5 nitrogen and oxygen atoms in total. The third-order valence-corrected chi connectivity index (χ3v) is 2.48. The van der Waals surface area contributed by atoms with Crippen LogP contribution in [0.3, 0.4) is 0 Å². The van der Waals surface area contributed by atoms with Gasteiger partial charge < -0.3 is 10.1 Å². The number of likely N-dealkylation sites (N-methyl/N-ethyl adjacent to an activating group) is 1. The van der Waals surface area contributed by atoms with Crippen molar-refractivity contribution in [1.82, 2.24) is 10.2 Å². The number of esters is 1. The van der Waals surface area contributed by atoms with Crippen molar-refractivity contribution in [2.75, 3.05) is 21.2 Å². The molecule has 1 aliphatic rings. The van der Waals surface area contributed by atoms with E-state index in [-0.39, 0.29) is 18.1 Å². The summed E-state index contributed by atoms with van der Waals surface area (Å²) in [6, 6.07) is -0.260. The fourth-order valence-electron chi connectivity index (χ4n) is 1.41. The molecule has 1 heterocycles. The summed E-state index contributed by atoms with van der Waals surface area (Å²) in [5.41, 5.74) is 0. The lowest BCUT2D eigenvalue weighted by Crippen LogP contribution is -2.42. The molecule has 2 atom stereocenters. The van der Waals surface area contributed by atoms with Gasteiger partial charge in [-0.2, -0.15) is 0 Å². The maximum absolute atomic E-state index is 11.5. The molecule has 0 radical (unpaired) electrons. The summed E-state index contributed by atoms with van der Waals surface area (Å²) in [4.78, 5) is 17.2. The van der Waals surface area contributed by atoms with Gasteiger partial charge in [-0.25, -0.2) is 4.99 Å².